The number of hydrogen-bond acceptors (Lipinski definition) is 8. The second-order valence-corrected chi connectivity index (χ2v) is 11.8. The number of carboxylic acid groups (broad SMARTS) is 1. The standard InChI is InChI=1S/C28H42N4O7/c1-28(2,3)39-27(36)32-13-10-21(17-32)38-26(35)31-23(25(33)34)11-14-37-22-15-18(16-22)6-8-20-9-7-19-5-4-12-29-24(19)30-20/h7,9,18,21-23H,4-6,8,10-17H2,1-3H3,(H,29,30)(H,31,35)(H,33,34)/t18?,21-,22?,23?/m1/s1. The molecule has 0 bridgehead atoms. The highest BCUT2D eigenvalue weighted by Gasteiger charge is 2.33. The molecule has 2 aliphatic heterocycles. The summed E-state index contributed by atoms with van der Waals surface area (Å²) in [5.41, 5.74) is 1.81. The van der Waals surface area contributed by atoms with Crippen LogP contribution in [0.3, 0.4) is 0 Å². The molecule has 39 heavy (non-hydrogen) atoms. The van der Waals surface area contributed by atoms with Crippen LogP contribution in [0.25, 0.3) is 0 Å². The monoisotopic (exact) mass is 546 g/mol. The normalized spacial score (nSPS) is 23.2. The number of alkyl carbamates (subject to hydrolysis) is 1. The molecule has 11 heteroatoms. The third-order valence-electron chi connectivity index (χ3n) is 7.37. The summed E-state index contributed by atoms with van der Waals surface area (Å²) in [6.45, 7) is 7.20. The Kier molecular flexibility index (Phi) is 9.53. The largest absolute Gasteiger partial charge is 0.480 e. The number of carbonyl (C=O) groups is 3. The van der Waals surface area contributed by atoms with Gasteiger partial charge in [-0.05, 0) is 76.8 Å². The van der Waals surface area contributed by atoms with Crippen LogP contribution in [0.2, 0.25) is 0 Å². The van der Waals surface area contributed by atoms with E-state index in [0.717, 1.165) is 56.6 Å². The number of likely N-dealkylation sites (tertiary alicyclic amines) is 1. The van der Waals surface area contributed by atoms with Gasteiger partial charge in [0.05, 0.1) is 12.6 Å². The minimum Gasteiger partial charge on any atom is -0.480 e. The molecule has 4 rings (SSSR count). The van der Waals surface area contributed by atoms with Crippen molar-refractivity contribution < 1.29 is 33.7 Å². The number of rotatable bonds is 10. The van der Waals surface area contributed by atoms with E-state index >= 15 is 0 Å². The zero-order valence-electron chi connectivity index (χ0n) is 23.2. The lowest BCUT2D eigenvalue weighted by atomic mass is 9.79. The van der Waals surface area contributed by atoms with Crippen LogP contribution in [0.4, 0.5) is 15.4 Å². The highest BCUT2D eigenvalue weighted by molar-refractivity contribution is 5.80. The molecular formula is C28H42N4O7. The predicted octanol–water partition coefficient (Wildman–Crippen LogP) is 3.75. The fourth-order valence-electron chi connectivity index (χ4n) is 5.16. The molecule has 1 aromatic rings. The first-order chi connectivity index (χ1) is 18.6. The summed E-state index contributed by atoms with van der Waals surface area (Å²) in [6.07, 6.45) is 5.09. The second-order valence-electron chi connectivity index (χ2n) is 11.8. The number of ether oxygens (including phenoxy) is 3. The number of anilines is 1. The number of hydrogen-bond donors (Lipinski definition) is 3. The van der Waals surface area contributed by atoms with Gasteiger partial charge < -0.3 is 34.9 Å². The van der Waals surface area contributed by atoms with Gasteiger partial charge in [0.15, 0.2) is 0 Å². The van der Waals surface area contributed by atoms with E-state index in [4.69, 9.17) is 19.2 Å². The molecule has 3 aliphatic rings. The van der Waals surface area contributed by atoms with Crippen molar-refractivity contribution in [1.29, 1.82) is 0 Å². The summed E-state index contributed by atoms with van der Waals surface area (Å²) < 4.78 is 16.6. The first kappa shape index (κ1) is 28.9. The van der Waals surface area contributed by atoms with Crippen LogP contribution in [0.5, 0.6) is 0 Å². The van der Waals surface area contributed by atoms with Crippen molar-refractivity contribution in [3.8, 4) is 0 Å². The zero-order chi connectivity index (χ0) is 28.0. The minimum atomic E-state index is -1.14. The Morgan fingerprint density at radius 3 is 2.77 bits per heavy atom. The summed E-state index contributed by atoms with van der Waals surface area (Å²) in [5.74, 6) is 0.469. The molecule has 2 atom stereocenters. The maximum Gasteiger partial charge on any atom is 0.410 e. The number of aliphatic carboxylic acids is 1. The van der Waals surface area contributed by atoms with Crippen molar-refractivity contribution in [2.45, 2.75) is 96.0 Å². The Balaban J connectivity index is 1.09. The lowest BCUT2D eigenvalue weighted by molar-refractivity contribution is -0.140. The Labute approximate surface area is 230 Å². The molecule has 11 nitrogen and oxygen atoms in total. The molecule has 1 aromatic heterocycles. The molecule has 1 aliphatic carbocycles. The van der Waals surface area contributed by atoms with Crippen LogP contribution in [-0.4, -0.2) is 83.2 Å². The third kappa shape index (κ3) is 8.71. The van der Waals surface area contributed by atoms with Gasteiger partial charge in [0.25, 0.3) is 0 Å². The van der Waals surface area contributed by atoms with Gasteiger partial charge in [0, 0.05) is 38.2 Å². The average molecular weight is 547 g/mol. The number of pyridine rings is 1. The lowest BCUT2D eigenvalue weighted by Gasteiger charge is -2.35. The maximum atomic E-state index is 12.3. The molecule has 1 saturated carbocycles. The van der Waals surface area contributed by atoms with E-state index in [-0.39, 0.29) is 25.7 Å². The summed E-state index contributed by atoms with van der Waals surface area (Å²) >= 11 is 0. The fourth-order valence-corrected chi connectivity index (χ4v) is 5.16. The first-order valence-electron chi connectivity index (χ1n) is 14.1. The van der Waals surface area contributed by atoms with Crippen LogP contribution < -0.4 is 10.6 Å². The van der Waals surface area contributed by atoms with Gasteiger partial charge >= 0.3 is 18.2 Å². The molecule has 1 saturated heterocycles. The smallest absolute Gasteiger partial charge is 0.410 e. The SMILES string of the molecule is CC(C)(C)OC(=O)N1CC[C@@H](OC(=O)NC(CCOC2CC(CCc3ccc4c(n3)NCCC4)C2)C(=O)O)C1. The van der Waals surface area contributed by atoms with Crippen LogP contribution in [0, 0.1) is 5.92 Å². The fraction of sp³-hybridized carbons (Fsp3) is 0.714. The number of aryl methyl sites for hydroxylation is 2. The van der Waals surface area contributed by atoms with Crippen molar-refractivity contribution in [3.63, 3.8) is 0 Å². The number of fused-ring (bicyclic) bond motifs is 1. The van der Waals surface area contributed by atoms with Crippen LogP contribution in [-0.2, 0) is 31.8 Å². The molecule has 2 fully saturated rings. The molecule has 0 radical (unpaired) electrons. The summed E-state index contributed by atoms with van der Waals surface area (Å²) in [7, 11) is 0. The second kappa shape index (κ2) is 12.8. The van der Waals surface area contributed by atoms with Crippen molar-refractivity contribution >= 4 is 24.0 Å². The van der Waals surface area contributed by atoms with Gasteiger partial charge in [-0.1, -0.05) is 6.07 Å². The van der Waals surface area contributed by atoms with E-state index in [0.29, 0.717) is 18.9 Å². The third-order valence-corrected chi connectivity index (χ3v) is 7.37. The van der Waals surface area contributed by atoms with Gasteiger partial charge in [-0.25, -0.2) is 19.4 Å². The number of carboxylic acids is 1. The highest BCUT2D eigenvalue weighted by Crippen LogP contribution is 2.34. The van der Waals surface area contributed by atoms with E-state index in [9.17, 15) is 19.5 Å². The molecule has 3 heterocycles. The van der Waals surface area contributed by atoms with E-state index in [1.54, 1.807) is 20.8 Å². The average Bonchev–Trinajstić information content (AvgIpc) is 3.31. The number of aromatic nitrogens is 1. The number of nitrogens with one attached hydrogen (secondary N) is 2. The van der Waals surface area contributed by atoms with Gasteiger partial charge in [0.2, 0.25) is 0 Å². The van der Waals surface area contributed by atoms with Gasteiger partial charge in [0.1, 0.15) is 23.6 Å². The molecule has 3 N–H and O–H groups in total. The van der Waals surface area contributed by atoms with E-state index in [2.05, 4.69) is 22.8 Å². The van der Waals surface area contributed by atoms with Gasteiger partial charge in [-0.3, -0.25) is 0 Å². The topological polar surface area (TPSA) is 139 Å². The molecule has 2 amide bonds. The van der Waals surface area contributed by atoms with Crippen molar-refractivity contribution in [2.24, 2.45) is 5.92 Å². The Morgan fingerprint density at radius 2 is 2.03 bits per heavy atom. The van der Waals surface area contributed by atoms with E-state index in [1.807, 2.05) is 0 Å². The Hall–Kier alpha value is -3.08. The van der Waals surface area contributed by atoms with Crippen LogP contribution in [0.15, 0.2) is 12.1 Å². The number of amides is 2. The first-order valence-corrected chi connectivity index (χ1v) is 14.1. The summed E-state index contributed by atoms with van der Waals surface area (Å²) in [5, 5.41) is 15.3. The molecular weight excluding hydrogens is 504 g/mol. The number of nitrogens with zero attached hydrogens (tertiary/aromatic N) is 2. The van der Waals surface area contributed by atoms with Gasteiger partial charge in [-0.2, -0.15) is 0 Å². The molecule has 0 aromatic carbocycles. The lowest BCUT2D eigenvalue weighted by Crippen LogP contribution is -2.44. The predicted molar refractivity (Wildman–Crippen MR) is 144 cm³/mol. The van der Waals surface area contributed by atoms with Crippen molar-refractivity contribution in [2.75, 3.05) is 31.6 Å². The van der Waals surface area contributed by atoms with E-state index < -0.39 is 35.9 Å². The number of carbonyl (C=O) groups excluding carboxylic acids is 2. The van der Waals surface area contributed by atoms with Crippen LogP contribution in [0.1, 0.15) is 70.6 Å². The van der Waals surface area contributed by atoms with Crippen molar-refractivity contribution in [3.05, 3.63) is 23.4 Å². The molecule has 0 spiro atoms. The van der Waals surface area contributed by atoms with Crippen LogP contribution >= 0.6 is 0 Å². The summed E-state index contributed by atoms with van der Waals surface area (Å²) in [4.78, 5) is 42.4. The highest BCUT2D eigenvalue weighted by atomic mass is 16.6. The van der Waals surface area contributed by atoms with Crippen molar-refractivity contribution in [1.82, 2.24) is 15.2 Å². The zero-order valence-corrected chi connectivity index (χ0v) is 23.2. The Bertz CT molecular complexity index is 1020. The van der Waals surface area contributed by atoms with E-state index in [1.165, 1.54) is 10.5 Å². The minimum absolute atomic E-state index is 0.117. The Morgan fingerprint density at radius 1 is 1.23 bits per heavy atom. The molecule has 1 unspecified atom stereocenters. The van der Waals surface area contributed by atoms with Gasteiger partial charge in [-0.15, -0.1) is 0 Å². The maximum absolute atomic E-state index is 12.3. The molecule has 216 valence electrons. The quantitative estimate of drug-likeness (QED) is 0.400. The summed E-state index contributed by atoms with van der Waals surface area (Å²) in [6, 6.07) is 3.21.